The number of nitrogens with zero attached hydrogens (tertiary/aromatic N) is 1. The van der Waals surface area contributed by atoms with Crippen molar-refractivity contribution in [3.63, 3.8) is 0 Å². The summed E-state index contributed by atoms with van der Waals surface area (Å²) < 4.78 is 45.7. The largest absolute Gasteiger partial charge is 0.573 e. The van der Waals surface area contributed by atoms with Crippen LogP contribution in [0.2, 0.25) is 0 Å². The van der Waals surface area contributed by atoms with Crippen molar-refractivity contribution in [1.29, 1.82) is 0 Å². The molecule has 0 saturated heterocycles. The van der Waals surface area contributed by atoms with Crippen molar-refractivity contribution < 1.29 is 32.2 Å². The van der Waals surface area contributed by atoms with Gasteiger partial charge in [-0.1, -0.05) is 45.0 Å². The summed E-state index contributed by atoms with van der Waals surface area (Å²) in [6, 6.07) is 12.5. The Bertz CT molecular complexity index is 987. The van der Waals surface area contributed by atoms with Crippen molar-refractivity contribution in [2.45, 2.75) is 58.9 Å². The topological polar surface area (TPSA) is 55.8 Å². The highest BCUT2D eigenvalue weighted by Crippen LogP contribution is 2.40. The number of benzene rings is 2. The van der Waals surface area contributed by atoms with Crippen molar-refractivity contribution in [3.8, 4) is 16.9 Å². The highest BCUT2D eigenvalue weighted by molar-refractivity contribution is 6.38. The molecule has 0 unspecified atom stereocenters. The van der Waals surface area contributed by atoms with E-state index in [4.69, 9.17) is 4.74 Å². The Kier molecular flexibility index (Phi) is 7.58. The van der Waals surface area contributed by atoms with E-state index in [2.05, 4.69) is 25.5 Å². The van der Waals surface area contributed by atoms with Crippen LogP contribution in [0.1, 0.15) is 46.5 Å². The van der Waals surface area contributed by atoms with Crippen LogP contribution in [0, 0.1) is 11.3 Å². The smallest absolute Gasteiger partial charge is 0.462 e. The van der Waals surface area contributed by atoms with E-state index < -0.39 is 18.2 Å². The van der Waals surface area contributed by atoms with Gasteiger partial charge < -0.3 is 9.47 Å². The predicted molar refractivity (Wildman–Crippen MR) is 123 cm³/mol. The first-order chi connectivity index (χ1) is 15.9. The molecule has 0 bridgehead atoms. The molecule has 0 atom stereocenters. The van der Waals surface area contributed by atoms with Crippen molar-refractivity contribution in [3.05, 3.63) is 48.5 Å². The van der Waals surface area contributed by atoms with E-state index in [1.165, 1.54) is 36.3 Å². The quantitative estimate of drug-likeness (QED) is 0.380. The maximum atomic E-state index is 12.9. The molecule has 0 spiro atoms. The van der Waals surface area contributed by atoms with Crippen molar-refractivity contribution >= 4 is 17.6 Å². The van der Waals surface area contributed by atoms with Gasteiger partial charge in [0.2, 0.25) is 0 Å². The van der Waals surface area contributed by atoms with Crippen LogP contribution in [0.15, 0.2) is 48.5 Å². The Morgan fingerprint density at radius 3 is 1.79 bits per heavy atom. The summed E-state index contributed by atoms with van der Waals surface area (Å²) in [5.74, 6) is -1.37. The molecular weight excluding hydrogens is 447 g/mol. The van der Waals surface area contributed by atoms with Crippen LogP contribution in [0.5, 0.6) is 5.75 Å². The van der Waals surface area contributed by atoms with Gasteiger partial charge in [0.25, 0.3) is 0 Å². The molecule has 34 heavy (non-hydrogen) atoms. The SMILES string of the molecule is COC(=O)C(=O)N(c1ccc(-c2ccc(OC(F)(F)F)cc2)cc1)[C@H]1CC[C@H](C(C)(C)C)CC1. The number of hydrogen-bond donors (Lipinski definition) is 0. The van der Waals surface area contributed by atoms with Gasteiger partial charge in [-0.25, -0.2) is 4.79 Å². The van der Waals surface area contributed by atoms with E-state index in [1.807, 2.05) is 0 Å². The molecule has 5 nitrogen and oxygen atoms in total. The van der Waals surface area contributed by atoms with Gasteiger partial charge >= 0.3 is 18.2 Å². The molecule has 1 amide bonds. The van der Waals surface area contributed by atoms with Gasteiger partial charge in [-0.3, -0.25) is 9.69 Å². The van der Waals surface area contributed by atoms with Gasteiger partial charge in [-0.2, -0.15) is 0 Å². The second-order valence-corrected chi connectivity index (χ2v) is 9.66. The summed E-state index contributed by atoms with van der Waals surface area (Å²) in [5, 5.41) is 0. The zero-order valence-corrected chi connectivity index (χ0v) is 19.8. The van der Waals surface area contributed by atoms with Crippen LogP contribution < -0.4 is 9.64 Å². The number of rotatable bonds is 4. The second-order valence-electron chi connectivity index (χ2n) is 9.66. The molecule has 184 valence electrons. The first-order valence-electron chi connectivity index (χ1n) is 11.3. The number of anilines is 1. The summed E-state index contributed by atoms with van der Waals surface area (Å²) in [6.45, 7) is 6.65. The zero-order chi connectivity index (χ0) is 25.1. The van der Waals surface area contributed by atoms with Crippen LogP contribution in [0.4, 0.5) is 18.9 Å². The number of esters is 1. The average molecular weight is 478 g/mol. The zero-order valence-electron chi connectivity index (χ0n) is 19.8. The van der Waals surface area contributed by atoms with Gasteiger partial charge in [0.1, 0.15) is 5.75 Å². The van der Waals surface area contributed by atoms with Crippen LogP contribution in [-0.2, 0) is 14.3 Å². The Labute approximate surface area is 197 Å². The predicted octanol–water partition coefficient (Wildman–Crippen LogP) is 6.36. The van der Waals surface area contributed by atoms with Crippen LogP contribution in [0.3, 0.4) is 0 Å². The van der Waals surface area contributed by atoms with E-state index in [0.717, 1.165) is 31.2 Å². The maximum Gasteiger partial charge on any atom is 0.573 e. The number of hydrogen-bond acceptors (Lipinski definition) is 4. The summed E-state index contributed by atoms with van der Waals surface area (Å²) in [7, 11) is 1.18. The number of methoxy groups -OCH3 is 1. The van der Waals surface area contributed by atoms with Gasteiger partial charge in [0.05, 0.1) is 7.11 Å². The van der Waals surface area contributed by atoms with Crippen LogP contribution in [-0.4, -0.2) is 31.4 Å². The molecule has 1 aliphatic carbocycles. The molecule has 0 N–H and O–H groups in total. The molecule has 0 aromatic heterocycles. The highest BCUT2D eigenvalue weighted by Gasteiger charge is 2.36. The van der Waals surface area contributed by atoms with Crippen LogP contribution >= 0.6 is 0 Å². The summed E-state index contributed by atoms with van der Waals surface area (Å²) in [5.41, 5.74) is 2.21. The Morgan fingerprint density at radius 1 is 0.853 bits per heavy atom. The third-order valence-electron chi connectivity index (χ3n) is 6.43. The van der Waals surface area contributed by atoms with E-state index in [-0.39, 0.29) is 17.2 Å². The van der Waals surface area contributed by atoms with E-state index in [1.54, 1.807) is 24.3 Å². The molecule has 1 saturated carbocycles. The Hall–Kier alpha value is -3.03. The summed E-state index contributed by atoms with van der Waals surface area (Å²) >= 11 is 0. The molecule has 2 aromatic rings. The Balaban J connectivity index is 1.81. The monoisotopic (exact) mass is 477 g/mol. The molecule has 2 aromatic carbocycles. The number of ether oxygens (including phenoxy) is 2. The number of amides is 1. The molecule has 0 heterocycles. The standard InChI is InChI=1S/C26H30F3NO4/c1-25(2,3)19-9-13-21(14-10-19)30(23(31)24(32)33-4)20-11-5-17(6-12-20)18-7-15-22(16-8-18)34-26(27,28)29/h5-8,11-12,15-16,19,21H,9-10,13-14H2,1-4H3/t19-,21-. The second kappa shape index (κ2) is 10.1. The minimum atomic E-state index is -4.75. The van der Waals surface area contributed by atoms with E-state index in [0.29, 0.717) is 17.2 Å². The fraction of sp³-hybridized carbons (Fsp3) is 0.462. The molecular formula is C26H30F3NO4. The lowest BCUT2D eigenvalue weighted by molar-refractivity contribution is -0.274. The highest BCUT2D eigenvalue weighted by atomic mass is 19.4. The van der Waals surface area contributed by atoms with Crippen molar-refractivity contribution in [2.24, 2.45) is 11.3 Å². The van der Waals surface area contributed by atoms with Crippen molar-refractivity contribution in [2.75, 3.05) is 12.0 Å². The lowest BCUT2D eigenvalue weighted by atomic mass is 9.71. The lowest BCUT2D eigenvalue weighted by Gasteiger charge is -2.40. The molecule has 1 fully saturated rings. The number of alkyl halides is 3. The maximum absolute atomic E-state index is 12.9. The summed E-state index contributed by atoms with van der Waals surface area (Å²) in [6.07, 6.45) is -1.25. The third-order valence-corrected chi connectivity index (χ3v) is 6.43. The fourth-order valence-corrected chi connectivity index (χ4v) is 4.54. The lowest BCUT2D eigenvalue weighted by Crippen LogP contribution is -2.47. The Morgan fingerprint density at radius 2 is 1.35 bits per heavy atom. The average Bonchev–Trinajstić information content (AvgIpc) is 2.78. The van der Waals surface area contributed by atoms with Gasteiger partial charge in [0, 0.05) is 11.7 Å². The molecule has 8 heteroatoms. The van der Waals surface area contributed by atoms with E-state index in [9.17, 15) is 22.8 Å². The van der Waals surface area contributed by atoms with Crippen molar-refractivity contribution in [1.82, 2.24) is 0 Å². The molecule has 1 aliphatic rings. The summed E-state index contributed by atoms with van der Waals surface area (Å²) in [4.78, 5) is 26.5. The van der Waals surface area contributed by atoms with E-state index >= 15 is 0 Å². The molecule has 3 rings (SSSR count). The van der Waals surface area contributed by atoms with Gasteiger partial charge in [-0.05, 0) is 72.4 Å². The number of carbonyl (C=O) groups is 2. The third kappa shape index (κ3) is 6.30. The van der Waals surface area contributed by atoms with Gasteiger partial charge in [0.15, 0.2) is 0 Å². The molecule has 0 radical (unpaired) electrons. The minimum absolute atomic E-state index is 0.116. The minimum Gasteiger partial charge on any atom is -0.462 e. The number of halogens is 3. The molecule has 0 aliphatic heterocycles. The first-order valence-corrected chi connectivity index (χ1v) is 11.3. The van der Waals surface area contributed by atoms with Gasteiger partial charge in [-0.15, -0.1) is 13.2 Å². The first kappa shape index (κ1) is 25.6. The number of carbonyl (C=O) groups excluding carboxylic acids is 2. The normalized spacial score (nSPS) is 18.8. The van der Waals surface area contributed by atoms with Crippen LogP contribution in [0.25, 0.3) is 11.1 Å². The fourth-order valence-electron chi connectivity index (χ4n) is 4.54.